The number of amides is 2. The number of rotatable bonds is 3. The highest BCUT2D eigenvalue weighted by atomic mass is 32.1. The van der Waals surface area contributed by atoms with Crippen molar-refractivity contribution < 1.29 is 4.79 Å². The van der Waals surface area contributed by atoms with E-state index in [9.17, 15) is 4.79 Å². The van der Waals surface area contributed by atoms with Crippen LogP contribution in [0.3, 0.4) is 0 Å². The van der Waals surface area contributed by atoms with Gasteiger partial charge >= 0.3 is 6.03 Å². The third kappa shape index (κ3) is 3.32. The van der Waals surface area contributed by atoms with Crippen molar-refractivity contribution in [2.45, 2.75) is 31.7 Å². The van der Waals surface area contributed by atoms with Crippen molar-refractivity contribution in [1.29, 1.82) is 0 Å². The van der Waals surface area contributed by atoms with E-state index in [0.717, 1.165) is 25.7 Å². The zero-order valence-corrected chi connectivity index (χ0v) is 15.1. The Morgan fingerprint density at radius 1 is 1.27 bits per heavy atom. The number of thiol groups is 1. The summed E-state index contributed by atoms with van der Waals surface area (Å²) in [5.41, 5.74) is 2.25. The highest BCUT2D eigenvalue weighted by Crippen LogP contribution is 2.25. The van der Waals surface area contributed by atoms with Crippen molar-refractivity contribution in [2.75, 3.05) is 5.32 Å². The molecule has 10 heteroatoms. The monoisotopic (exact) mass is 370 g/mol. The van der Waals surface area contributed by atoms with Gasteiger partial charge < -0.3 is 0 Å². The minimum absolute atomic E-state index is 0.168. The van der Waals surface area contributed by atoms with Gasteiger partial charge in [-0.1, -0.05) is 30.9 Å². The number of carbonyl (C=O) groups excluding carboxylic acids is 1. The summed E-state index contributed by atoms with van der Waals surface area (Å²) in [6, 6.07) is 3.35. The normalized spacial score (nSPS) is 14.7. The maximum atomic E-state index is 12.4. The van der Waals surface area contributed by atoms with Gasteiger partial charge in [-0.15, -0.1) is 5.10 Å². The Kier molecular flexibility index (Phi) is 4.41. The number of nitrogens with zero attached hydrogens (tertiary/aromatic N) is 7. The predicted molar refractivity (Wildman–Crippen MR) is 99.4 cm³/mol. The number of aromatic nitrogens is 6. The van der Waals surface area contributed by atoms with Crippen molar-refractivity contribution >= 4 is 35.8 Å². The van der Waals surface area contributed by atoms with Gasteiger partial charge in [0.05, 0.1) is 12.4 Å². The van der Waals surface area contributed by atoms with Crippen LogP contribution in [0.5, 0.6) is 0 Å². The van der Waals surface area contributed by atoms with Crippen LogP contribution in [0, 0.1) is 0 Å². The van der Waals surface area contributed by atoms with E-state index in [0.29, 0.717) is 28.4 Å². The van der Waals surface area contributed by atoms with Crippen LogP contribution in [0.15, 0.2) is 24.5 Å². The Morgan fingerprint density at radius 3 is 2.81 bits per heavy atom. The first kappa shape index (κ1) is 16.7. The van der Waals surface area contributed by atoms with Gasteiger partial charge in [0.1, 0.15) is 22.7 Å². The van der Waals surface area contributed by atoms with Crippen LogP contribution in [-0.2, 0) is 7.05 Å². The number of fused-ring (bicyclic) bond motifs is 1. The van der Waals surface area contributed by atoms with Crippen molar-refractivity contribution in [3.63, 3.8) is 0 Å². The largest absolute Gasteiger partial charge is 0.333 e. The molecule has 0 unspecified atom stereocenters. The fraction of sp³-hybridized carbons (Fsp3) is 0.375. The first-order chi connectivity index (χ1) is 12.6. The molecule has 0 spiro atoms. The molecule has 0 atom stereocenters. The molecule has 26 heavy (non-hydrogen) atoms. The first-order valence-corrected chi connectivity index (χ1v) is 8.80. The van der Waals surface area contributed by atoms with Crippen LogP contribution in [0.25, 0.3) is 22.6 Å². The second-order valence-electron chi connectivity index (χ2n) is 6.28. The lowest BCUT2D eigenvalue weighted by Crippen LogP contribution is -2.34. The molecule has 0 aliphatic heterocycles. The molecule has 1 fully saturated rings. The lowest BCUT2D eigenvalue weighted by atomic mass is 10.2. The fourth-order valence-electron chi connectivity index (χ4n) is 3.04. The molecular weight excluding hydrogens is 352 g/mol. The number of hydrogen-bond donors (Lipinski definition) is 2. The molecule has 1 saturated carbocycles. The van der Waals surface area contributed by atoms with Gasteiger partial charge in [-0.2, -0.15) is 0 Å². The Bertz CT molecular complexity index is 952. The third-order valence-corrected chi connectivity index (χ3v) is 4.89. The maximum absolute atomic E-state index is 12.4. The lowest BCUT2D eigenvalue weighted by molar-refractivity contribution is 0.230. The quantitative estimate of drug-likeness (QED) is 0.687. The van der Waals surface area contributed by atoms with E-state index in [1.165, 1.54) is 4.31 Å². The smallest absolute Gasteiger partial charge is 0.291 e. The summed E-state index contributed by atoms with van der Waals surface area (Å²) in [6.07, 6.45) is 7.60. The van der Waals surface area contributed by atoms with Crippen LogP contribution in [0.4, 0.5) is 10.6 Å². The lowest BCUT2D eigenvalue weighted by Gasteiger charge is -2.22. The summed E-state index contributed by atoms with van der Waals surface area (Å²) in [4.78, 5) is 25.6. The molecule has 1 N–H and O–H groups in total. The summed E-state index contributed by atoms with van der Waals surface area (Å²) in [7, 11) is 1.78. The molecule has 2 amide bonds. The van der Waals surface area contributed by atoms with E-state index >= 15 is 0 Å². The minimum Gasteiger partial charge on any atom is -0.291 e. The number of nitrogens with one attached hydrogen (secondary N) is 1. The number of urea groups is 1. The molecule has 1 aliphatic rings. The van der Waals surface area contributed by atoms with Gasteiger partial charge in [0.15, 0.2) is 5.65 Å². The number of hydrogen-bond acceptors (Lipinski definition) is 7. The van der Waals surface area contributed by atoms with Crippen LogP contribution in [-0.4, -0.2) is 46.3 Å². The van der Waals surface area contributed by atoms with E-state index < -0.39 is 0 Å². The van der Waals surface area contributed by atoms with Crippen molar-refractivity contribution in [3.05, 3.63) is 24.5 Å². The standard InChI is InChI=1S/C16H18N8OS/c1-23-9-13(21-22-23)12-8-17-11-6-7-14(19-15(11)18-12)20-16(25)24(26)10-4-2-3-5-10/h6-10,26H,2-5H2,1H3,(H,18,19,20,25). The second kappa shape index (κ2) is 6.87. The summed E-state index contributed by atoms with van der Waals surface area (Å²) >= 11 is 4.34. The third-order valence-electron chi connectivity index (χ3n) is 4.39. The number of anilines is 1. The minimum atomic E-state index is -0.287. The molecule has 0 aromatic carbocycles. The van der Waals surface area contributed by atoms with E-state index in [4.69, 9.17) is 0 Å². The molecule has 3 aromatic rings. The fourth-order valence-corrected chi connectivity index (χ4v) is 3.32. The van der Waals surface area contributed by atoms with Gasteiger partial charge in [0.25, 0.3) is 0 Å². The van der Waals surface area contributed by atoms with Gasteiger partial charge in [0, 0.05) is 13.1 Å². The Hall–Kier alpha value is -2.75. The molecule has 0 saturated heterocycles. The van der Waals surface area contributed by atoms with Crippen molar-refractivity contribution in [2.24, 2.45) is 7.05 Å². The zero-order valence-electron chi connectivity index (χ0n) is 14.2. The van der Waals surface area contributed by atoms with Gasteiger partial charge in [-0.25, -0.2) is 14.8 Å². The number of pyridine rings is 1. The molecule has 9 nitrogen and oxygen atoms in total. The van der Waals surface area contributed by atoms with Crippen LogP contribution in [0.1, 0.15) is 25.7 Å². The van der Waals surface area contributed by atoms with Crippen molar-refractivity contribution in [3.8, 4) is 11.4 Å². The van der Waals surface area contributed by atoms with E-state index in [-0.39, 0.29) is 12.1 Å². The van der Waals surface area contributed by atoms with Gasteiger partial charge in [-0.3, -0.25) is 19.3 Å². The Morgan fingerprint density at radius 2 is 2.08 bits per heavy atom. The molecule has 0 bridgehead atoms. The summed E-state index contributed by atoms with van der Waals surface area (Å²) in [6.45, 7) is 0. The average Bonchev–Trinajstić information content (AvgIpc) is 3.32. The average molecular weight is 370 g/mol. The predicted octanol–water partition coefficient (Wildman–Crippen LogP) is 2.44. The van der Waals surface area contributed by atoms with E-state index in [1.54, 1.807) is 36.3 Å². The molecule has 0 radical (unpaired) electrons. The Labute approximate surface area is 155 Å². The van der Waals surface area contributed by atoms with Crippen LogP contribution >= 0.6 is 12.8 Å². The molecule has 1 aliphatic carbocycles. The summed E-state index contributed by atoms with van der Waals surface area (Å²) in [5, 5.41) is 10.7. The molecular formula is C16H18N8OS. The zero-order chi connectivity index (χ0) is 18.1. The van der Waals surface area contributed by atoms with Crippen molar-refractivity contribution in [1.82, 2.24) is 34.3 Å². The highest BCUT2D eigenvalue weighted by molar-refractivity contribution is 7.78. The number of carbonyl (C=O) groups is 1. The topological polar surface area (TPSA) is 102 Å². The molecule has 4 rings (SSSR count). The number of aryl methyl sites for hydroxylation is 1. The molecule has 134 valence electrons. The summed E-state index contributed by atoms with van der Waals surface area (Å²) < 4.78 is 3.05. The SMILES string of the molecule is Cn1cc(-c2cnc3ccc(NC(=O)N(S)C4CCCC4)nc3n2)nn1. The first-order valence-electron chi connectivity index (χ1n) is 8.40. The van der Waals surface area contributed by atoms with Gasteiger partial charge in [0.2, 0.25) is 0 Å². The molecule has 3 aromatic heterocycles. The molecule has 3 heterocycles. The summed E-state index contributed by atoms with van der Waals surface area (Å²) in [5.74, 6) is 0.408. The van der Waals surface area contributed by atoms with E-state index in [1.807, 2.05) is 0 Å². The highest BCUT2D eigenvalue weighted by Gasteiger charge is 2.24. The van der Waals surface area contributed by atoms with Gasteiger partial charge in [-0.05, 0) is 25.0 Å². The van der Waals surface area contributed by atoms with E-state index in [2.05, 4.69) is 43.4 Å². The second-order valence-corrected chi connectivity index (χ2v) is 6.72. The maximum Gasteiger partial charge on any atom is 0.333 e. The van der Waals surface area contributed by atoms with Crippen LogP contribution < -0.4 is 5.32 Å². The van der Waals surface area contributed by atoms with Crippen LogP contribution in [0.2, 0.25) is 0 Å². The Balaban J connectivity index is 1.57.